The van der Waals surface area contributed by atoms with Crippen molar-refractivity contribution in [3.63, 3.8) is 0 Å². The molecule has 0 radical (unpaired) electrons. The van der Waals surface area contributed by atoms with Crippen LogP contribution >= 0.6 is 0 Å². The predicted molar refractivity (Wildman–Crippen MR) is 110 cm³/mol. The van der Waals surface area contributed by atoms with E-state index in [2.05, 4.69) is 17.2 Å². The van der Waals surface area contributed by atoms with Gasteiger partial charge in [0, 0.05) is 24.9 Å². The molecule has 0 spiro atoms. The maximum atomic E-state index is 11.9. The van der Waals surface area contributed by atoms with Crippen LogP contribution in [0.2, 0.25) is 0 Å². The monoisotopic (exact) mass is 387 g/mol. The number of hydrogen-bond acceptors (Lipinski definition) is 5. The quantitative estimate of drug-likeness (QED) is 0.453. The summed E-state index contributed by atoms with van der Waals surface area (Å²) < 4.78 is 22.9. The number of anilines is 2. The molecule has 0 fully saturated rings. The topological polar surface area (TPSA) is 101 Å². The third kappa shape index (κ3) is 6.45. The van der Waals surface area contributed by atoms with E-state index in [-0.39, 0.29) is 10.8 Å². The Balaban J connectivity index is 1.70. The van der Waals surface area contributed by atoms with Crippen molar-refractivity contribution in [1.29, 1.82) is 0 Å². The molecule has 27 heavy (non-hydrogen) atoms. The van der Waals surface area contributed by atoms with E-state index in [1.807, 2.05) is 12.1 Å². The van der Waals surface area contributed by atoms with Gasteiger partial charge >= 0.3 is 0 Å². The average Bonchev–Trinajstić information content (AvgIpc) is 2.62. The van der Waals surface area contributed by atoms with Gasteiger partial charge in [0.1, 0.15) is 0 Å². The molecule has 4 N–H and O–H groups in total. The van der Waals surface area contributed by atoms with Gasteiger partial charge in [-0.2, -0.15) is 0 Å². The van der Waals surface area contributed by atoms with Crippen molar-refractivity contribution in [3.8, 4) is 0 Å². The largest absolute Gasteiger partial charge is 0.397 e. The number of nitrogen functional groups attached to an aromatic ring is 1. The summed E-state index contributed by atoms with van der Waals surface area (Å²) in [6.45, 7) is 4.64. The van der Waals surface area contributed by atoms with Crippen molar-refractivity contribution in [1.82, 2.24) is 5.32 Å². The maximum Gasteiger partial charge on any atom is 0.224 e. The fourth-order valence-electron chi connectivity index (χ4n) is 2.48. The van der Waals surface area contributed by atoms with Gasteiger partial charge < -0.3 is 16.4 Å². The molecule has 1 amide bonds. The van der Waals surface area contributed by atoms with E-state index in [1.54, 1.807) is 36.4 Å². The molecular formula is C20H25N3O3S. The number of unbranched alkanes of at least 4 members (excludes halogenated alkanes) is 1. The van der Waals surface area contributed by atoms with E-state index in [0.29, 0.717) is 24.3 Å². The number of para-hydroxylation sites is 2. The molecule has 7 heteroatoms. The summed E-state index contributed by atoms with van der Waals surface area (Å²) in [6.07, 6.45) is 3.12. The van der Waals surface area contributed by atoms with Crippen molar-refractivity contribution in [2.45, 2.75) is 24.2 Å². The van der Waals surface area contributed by atoms with Gasteiger partial charge in [0.25, 0.3) is 0 Å². The molecule has 2 aromatic rings. The van der Waals surface area contributed by atoms with Gasteiger partial charge in [0.2, 0.25) is 5.91 Å². The van der Waals surface area contributed by atoms with Crippen molar-refractivity contribution >= 4 is 32.8 Å². The molecule has 2 rings (SSSR count). The lowest BCUT2D eigenvalue weighted by Crippen LogP contribution is -2.15. The summed E-state index contributed by atoms with van der Waals surface area (Å²) in [5.41, 5.74) is 8.53. The zero-order valence-corrected chi connectivity index (χ0v) is 16.2. The van der Waals surface area contributed by atoms with Crippen LogP contribution in [-0.4, -0.2) is 27.1 Å². The molecule has 0 saturated heterocycles. The van der Waals surface area contributed by atoms with Gasteiger partial charge in [-0.25, -0.2) is 8.42 Å². The molecule has 6 nitrogen and oxygen atoms in total. The van der Waals surface area contributed by atoms with Crippen molar-refractivity contribution in [3.05, 3.63) is 60.7 Å². The van der Waals surface area contributed by atoms with Crippen LogP contribution in [0.15, 0.2) is 60.0 Å². The Labute approximate surface area is 160 Å². The van der Waals surface area contributed by atoms with Gasteiger partial charge in [-0.05, 0) is 42.7 Å². The zero-order chi connectivity index (χ0) is 19.9. The van der Waals surface area contributed by atoms with E-state index >= 15 is 0 Å². The Bertz CT molecular complexity index is 906. The number of carbonyl (C=O) groups excluding carboxylic acids is 1. The Kier molecular flexibility index (Phi) is 7.01. The molecule has 144 valence electrons. The summed E-state index contributed by atoms with van der Waals surface area (Å²) in [4.78, 5) is 12.2. The fraction of sp³-hybridized carbons (Fsp3) is 0.250. The molecule has 0 aliphatic carbocycles. The van der Waals surface area contributed by atoms with E-state index < -0.39 is 9.84 Å². The molecule has 2 aromatic carbocycles. The van der Waals surface area contributed by atoms with Gasteiger partial charge in [-0.1, -0.05) is 30.8 Å². The first kappa shape index (κ1) is 20.5. The Hall–Kier alpha value is -2.80. The number of carbonyl (C=O) groups is 1. The third-order valence-electron chi connectivity index (χ3n) is 4.03. The summed E-state index contributed by atoms with van der Waals surface area (Å²) in [5, 5.41) is 6.00. The van der Waals surface area contributed by atoms with Crippen LogP contribution in [0.4, 0.5) is 11.4 Å². The average molecular weight is 388 g/mol. The summed E-state index contributed by atoms with van der Waals surface area (Å²) >= 11 is 0. The predicted octanol–water partition coefficient (Wildman–Crippen LogP) is 3.04. The number of hydrogen-bond donors (Lipinski definition) is 3. The first-order valence-corrected chi connectivity index (χ1v) is 10.5. The second-order valence-corrected chi connectivity index (χ2v) is 8.31. The number of amides is 1. The van der Waals surface area contributed by atoms with Gasteiger partial charge in [0.05, 0.1) is 16.3 Å². The highest BCUT2D eigenvalue weighted by atomic mass is 32.2. The smallest absolute Gasteiger partial charge is 0.224 e. The van der Waals surface area contributed by atoms with Crippen LogP contribution in [0.25, 0.3) is 5.70 Å². The zero-order valence-electron chi connectivity index (χ0n) is 15.4. The lowest BCUT2D eigenvalue weighted by Gasteiger charge is -2.11. The summed E-state index contributed by atoms with van der Waals surface area (Å²) in [5.74, 6) is -0.0666. The fourth-order valence-corrected chi connectivity index (χ4v) is 3.11. The van der Waals surface area contributed by atoms with Crippen LogP contribution in [0, 0.1) is 0 Å². The first-order chi connectivity index (χ1) is 12.8. The first-order valence-electron chi connectivity index (χ1n) is 8.65. The van der Waals surface area contributed by atoms with Crippen LogP contribution in [0.5, 0.6) is 0 Å². The molecule has 0 heterocycles. The Morgan fingerprint density at radius 1 is 1.07 bits per heavy atom. The number of sulfone groups is 1. The standard InChI is InChI=1S/C20H25N3O3S/c1-15(16-10-12-17(13-11-16)27(2,25)26)22-14-6-5-9-20(24)23-19-8-4-3-7-18(19)21/h3-4,7-8,10-13,22H,1,5-6,9,14,21H2,2H3,(H,23,24). The maximum absolute atomic E-state index is 11.9. The normalized spacial score (nSPS) is 11.0. The second kappa shape index (κ2) is 9.23. The van der Waals surface area contributed by atoms with Crippen LogP contribution in [-0.2, 0) is 14.6 Å². The SMILES string of the molecule is C=C(NCCCCC(=O)Nc1ccccc1N)c1ccc(S(C)(=O)=O)cc1. The van der Waals surface area contributed by atoms with Crippen LogP contribution in [0.1, 0.15) is 24.8 Å². The minimum Gasteiger partial charge on any atom is -0.397 e. The lowest BCUT2D eigenvalue weighted by atomic mass is 10.1. The van der Waals surface area contributed by atoms with E-state index in [9.17, 15) is 13.2 Å². The molecule has 0 unspecified atom stereocenters. The third-order valence-corrected chi connectivity index (χ3v) is 5.16. The van der Waals surface area contributed by atoms with Crippen molar-refractivity contribution in [2.24, 2.45) is 0 Å². The highest BCUT2D eigenvalue weighted by Gasteiger charge is 2.07. The highest BCUT2D eigenvalue weighted by Crippen LogP contribution is 2.17. The molecule has 0 aromatic heterocycles. The van der Waals surface area contributed by atoms with E-state index in [0.717, 1.165) is 24.1 Å². The number of nitrogens with one attached hydrogen (secondary N) is 2. The minimum absolute atomic E-state index is 0.0666. The number of rotatable bonds is 9. The van der Waals surface area contributed by atoms with Crippen molar-refractivity contribution < 1.29 is 13.2 Å². The van der Waals surface area contributed by atoms with Gasteiger partial charge in [-0.15, -0.1) is 0 Å². The van der Waals surface area contributed by atoms with Crippen molar-refractivity contribution in [2.75, 3.05) is 23.9 Å². The molecule has 0 atom stereocenters. The summed E-state index contributed by atoms with van der Waals surface area (Å²) in [6, 6.07) is 13.7. The molecule has 0 saturated carbocycles. The van der Waals surface area contributed by atoms with E-state index in [1.165, 1.54) is 6.26 Å². The Morgan fingerprint density at radius 3 is 2.37 bits per heavy atom. The minimum atomic E-state index is -3.20. The van der Waals surface area contributed by atoms with Gasteiger partial charge in [0.15, 0.2) is 9.84 Å². The van der Waals surface area contributed by atoms with E-state index in [4.69, 9.17) is 5.73 Å². The lowest BCUT2D eigenvalue weighted by molar-refractivity contribution is -0.116. The highest BCUT2D eigenvalue weighted by molar-refractivity contribution is 7.90. The molecular weight excluding hydrogens is 362 g/mol. The Morgan fingerprint density at radius 2 is 1.74 bits per heavy atom. The number of benzene rings is 2. The second-order valence-electron chi connectivity index (χ2n) is 6.29. The number of nitrogens with two attached hydrogens (primary N) is 1. The van der Waals surface area contributed by atoms with Gasteiger partial charge in [-0.3, -0.25) is 4.79 Å². The molecule has 0 bridgehead atoms. The van der Waals surface area contributed by atoms with Crippen LogP contribution in [0.3, 0.4) is 0 Å². The van der Waals surface area contributed by atoms with Crippen LogP contribution < -0.4 is 16.4 Å². The molecule has 0 aliphatic heterocycles. The summed E-state index contributed by atoms with van der Waals surface area (Å²) in [7, 11) is -3.20. The molecule has 0 aliphatic rings.